The Morgan fingerprint density at radius 2 is 1.48 bits per heavy atom. The molecule has 146 valence electrons. The molecule has 0 aliphatic rings. The van der Waals surface area contributed by atoms with Gasteiger partial charge in [-0.15, -0.1) is 0 Å². The molecule has 0 amide bonds. The van der Waals surface area contributed by atoms with Crippen molar-refractivity contribution in [3.8, 4) is 11.5 Å². The number of aromatic nitrogens is 1. The summed E-state index contributed by atoms with van der Waals surface area (Å²) in [6.45, 7) is 8.21. The molecule has 0 aliphatic carbocycles. The van der Waals surface area contributed by atoms with Crippen molar-refractivity contribution < 1.29 is 28.5 Å². The van der Waals surface area contributed by atoms with Crippen LogP contribution in [-0.4, -0.2) is 43.4 Å². The molecule has 0 fully saturated rings. The molecule has 0 radical (unpaired) electrons. The first kappa shape index (κ1) is 20.4. The van der Waals surface area contributed by atoms with E-state index in [0.29, 0.717) is 29.2 Å². The Morgan fingerprint density at radius 1 is 0.852 bits per heavy atom. The van der Waals surface area contributed by atoms with Gasteiger partial charge in [-0.05, 0) is 57.5 Å². The molecule has 7 nitrogen and oxygen atoms in total. The maximum atomic E-state index is 12.3. The highest BCUT2D eigenvalue weighted by Gasteiger charge is 2.23. The highest BCUT2D eigenvalue weighted by molar-refractivity contribution is 5.98. The lowest BCUT2D eigenvalue weighted by molar-refractivity contribution is 0.0443. The lowest BCUT2D eigenvalue weighted by Gasteiger charge is -2.08. The summed E-state index contributed by atoms with van der Waals surface area (Å²) < 4.78 is 21.1. The lowest BCUT2D eigenvalue weighted by atomic mass is 10.1. The molecule has 0 spiro atoms. The number of hydrogen-bond donors (Lipinski definition) is 1. The van der Waals surface area contributed by atoms with Gasteiger partial charge in [0.2, 0.25) is 0 Å². The highest BCUT2D eigenvalue weighted by Crippen LogP contribution is 2.20. The molecule has 7 heteroatoms. The summed E-state index contributed by atoms with van der Waals surface area (Å²) in [5.74, 6) is 0.431. The highest BCUT2D eigenvalue weighted by atomic mass is 16.6. The number of rotatable bonds is 9. The zero-order valence-electron chi connectivity index (χ0n) is 16.1. The minimum Gasteiger partial charge on any atom is -0.494 e. The van der Waals surface area contributed by atoms with Crippen molar-refractivity contribution in [3.63, 3.8) is 0 Å². The molecule has 2 rings (SSSR count). The Hall–Kier alpha value is -2.96. The van der Waals surface area contributed by atoms with Crippen LogP contribution in [-0.2, 0) is 9.47 Å². The van der Waals surface area contributed by atoms with Gasteiger partial charge in [-0.3, -0.25) is 0 Å². The number of hydrogen-bond acceptors (Lipinski definition) is 6. The van der Waals surface area contributed by atoms with Crippen LogP contribution in [0.15, 0.2) is 24.3 Å². The number of esters is 2. The average Bonchev–Trinajstić information content (AvgIpc) is 2.95. The molecule has 0 saturated carbocycles. The first-order valence-electron chi connectivity index (χ1n) is 8.87. The number of nitrogens with one attached hydrogen (secondary N) is 1. The summed E-state index contributed by atoms with van der Waals surface area (Å²) in [4.78, 5) is 27.1. The Morgan fingerprint density at radius 3 is 2.07 bits per heavy atom. The number of H-pyrrole nitrogens is 1. The van der Waals surface area contributed by atoms with Gasteiger partial charge in [0.1, 0.15) is 30.4 Å². The fraction of sp³-hybridized carbons (Fsp3) is 0.400. The van der Waals surface area contributed by atoms with E-state index in [1.165, 1.54) is 0 Å². The number of benzene rings is 1. The van der Waals surface area contributed by atoms with Gasteiger partial charge in [0, 0.05) is 5.69 Å². The molecular weight excluding hydrogens is 350 g/mol. The first-order valence-corrected chi connectivity index (χ1v) is 8.87. The van der Waals surface area contributed by atoms with E-state index in [4.69, 9.17) is 18.9 Å². The van der Waals surface area contributed by atoms with Crippen LogP contribution in [0.25, 0.3) is 0 Å². The fourth-order valence-electron chi connectivity index (χ4n) is 2.63. The van der Waals surface area contributed by atoms with Crippen LogP contribution in [0, 0.1) is 13.8 Å². The van der Waals surface area contributed by atoms with Crippen LogP contribution in [0.1, 0.15) is 46.0 Å². The molecule has 1 heterocycles. The molecule has 0 aliphatic heterocycles. The number of ether oxygens (including phenoxy) is 4. The molecule has 1 aromatic heterocycles. The van der Waals surface area contributed by atoms with Gasteiger partial charge in [0.05, 0.1) is 18.8 Å². The van der Waals surface area contributed by atoms with E-state index < -0.39 is 11.9 Å². The van der Waals surface area contributed by atoms with Crippen LogP contribution in [0.3, 0.4) is 0 Å². The summed E-state index contributed by atoms with van der Waals surface area (Å²) in [6.07, 6.45) is 0. The van der Waals surface area contributed by atoms with Crippen LogP contribution in [0.2, 0.25) is 0 Å². The van der Waals surface area contributed by atoms with Crippen molar-refractivity contribution in [2.24, 2.45) is 0 Å². The van der Waals surface area contributed by atoms with Crippen molar-refractivity contribution in [1.29, 1.82) is 0 Å². The summed E-state index contributed by atoms with van der Waals surface area (Å²) in [5.41, 5.74) is 1.71. The van der Waals surface area contributed by atoms with Crippen molar-refractivity contribution in [1.82, 2.24) is 4.98 Å². The van der Waals surface area contributed by atoms with Gasteiger partial charge in [-0.1, -0.05) is 0 Å². The van der Waals surface area contributed by atoms with Gasteiger partial charge in [-0.2, -0.15) is 0 Å². The third-order valence-electron chi connectivity index (χ3n) is 3.84. The Kier molecular flexibility index (Phi) is 7.28. The third-order valence-corrected chi connectivity index (χ3v) is 3.84. The number of carbonyl (C=O) groups excluding carboxylic acids is 2. The van der Waals surface area contributed by atoms with Crippen molar-refractivity contribution in [3.05, 3.63) is 46.8 Å². The summed E-state index contributed by atoms with van der Waals surface area (Å²) >= 11 is 0. The minimum absolute atomic E-state index is 0.0816. The van der Waals surface area contributed by atoms with Gasteiger partial charge in [0.15, 0.2) is 0 Å². The summed E-state index contributed by atoms with van der Waals surface area (Å²) in [5, 5.41) is 0. The fourth-order valence-corrected chi connectivity index (χ4v) is 2.63. The summed E-state index contributed by atoms with van der Waals surface area (Å²) in [6, 6.07) is 7.20. The zero-order chi connectivity index (χ0) is 19.8. The molecule has 0 unspecified atom stereocenters. The van der Waals surface area contributed by atoms with Gasteiger partial charge in [0.25, 0.3) is 0 Å². The van der Waals surface area contributed by atoms with E-state index in [1.54, 1.807) is 32.9 Å². The SMILES string of the molecule is CCOC(=O)c1c(C)[nH]c(C(=O)OCCOc2ccc(OCC)cc2)c1C. The van der Waals surface area contributed by atoms with E-state index in [2.05, 4.69) is 4.98 Å². The smallest absolute Gasteiger partial charge is 0.355 e. The first-order chi connectivity index (χ1) is 13.0. The van der Waals surface area contributed by atoms with Crippen molar-refractivity contribution >= 4 is 11.9 Å². The van der Waals surface area contributed by atoms with E-state index in [9.17, 15) is 9.59 Å². The van der Waals surface area contributed by atoms with E-state index in [1.807, 2.05) is 19.1 Å². The van der Waals surface area contributed by atoms with Gasteiger partial charge in [-0.25, -0.2) is 9.59 Å². The molecule has 0 saturated heterocycles. The number of aromatic amines is 1. The minimum atomic E-state index is -0.540. The lowest BCUT2D eigenvalue weighted by Crippen LogP contribution is -2.14. The third kappa shape index (κ3) is 5.26. The van der Waals surface area contributed by atoms with Crippen LogP contribution in [0.5, 0.6) is 11.5 Å². The Bertz CT molecular complexity index is 779. The quantitative estimate of drug-likeness (QED) is 0.534. The number of carbonyl (C=O) groups is 2. The Balaban J connectivity index is 1.87. The van der Waals surface area contributed by atoms with Crippen LogP contribution >= 0.6 is 0 Å². The molecular formula is C20H25NO6. The van der Waals surface area contributed by atoms with E-state index >= 15 is 0 Å². The maximum absolute atomic E-state index is 12.3. The molecule has 2 aromatic rings. The van der Waals surface area contributed by atoms with Gasteiger partial charge < -0.3 is 23.9 Å². The molecule has 0 atom stereocenters. The predicted octanol–water partition coefficient (Wildman–Crippen LogP) is 3.44. The second-order valence-electron chi connectivity index (χ2n) is 5.73. The zero-order valence-corrected chi connectivity index (χ0v) is 16.1. The van der Waals surface area contributed by atoms with Gasteiger partial charge >= 0.3 is 11.9 Å². The van der Waals surface area contributed by atoms with Crippen molar-refractivity contribution in [2.45, 2.75) is 27.7 Å². The summed E-state index contributed by atoms with van der Waals surface area (Å²) in [7, 11) is 0. The standard InChI is InChI=1S/C20H25NO6/c1-5-24-15-7-9-16(10-8-15)26-11-12-27-20(23)18-13(3)17(14(4)21-18)19(22)25-6-2/h7-10,21H,5-6,11-12H2,1-4H3. The van der Waals surface area contributed by atoms with Crippen LogP contribution < -0.4 is 9.47 Å². The van der Waals surface area contributed by atoms with Crippen LogP contribution in [0.4, 0.5) is 0 Å². The second kappa shape index (κ2) is 9.66. The molecule has 1 N–H and O–H groups in total. The van der Waals surface area contributed by atoms with E-state index in [0.717, 1.165) is 5.75 Å². The van der Waals surface area contributed by atoms with E-state index in [-0.39, 0.29) is 25.5 Å². The average molecular weight is 375 g/mol. The number of aryl methyl sites for hydroxylation is 1. The monoisotopic (exact) mass is 375 g/mol. The predicted molar refractivity (Wildman–Crippen MR) is 99.6 cm³/mol. The normalized spacial score (nSPS) is 10.4. The topological polar surface area (TPSA) is 86.9 Å². The molecule has 1 aromatic carbocycles. The molecule has 0 bridgehead atoms. The Labute approximate surface area is 158 Å². The second-order valence-corrected chi connectivity index (χ2v) is 5.73. The van der Waals surface area contributed by atoms with Crippen molar-refractivity contribution in [2.75, 3.05) is 26.4 Å². The molecule has 27 heavy (non-hydrogen) atoms. The maximum Gasteiger partial charge on any atom is 0.355 e. The largest absolute Gasteiger partial charge is 0.494 e.